The average Bonchev–Trinajstić information content (AvgIpc) is 2.67. The molecule has 3 unspecified atom stereocenters. The molecular weight excluding hydrogens is 390 g/mol. The number of likely N-dealkylation sites (tertiary alicyclic amines) is 1. The summed E-state index contributed by atoms with van der Waals surface area (Å²) in [5.41, 5.74) is 0. The lowest BCUT2D eigenvalue weighted by atomic mass is 9.92. The van der Waals surface area contributed by atoms with Gasteiger partial charge in [0.25, 0.3) is 5.91 Å². The molecule has 0 N–H and O–H groups in total. The molecule has 3 atom stereocenters. The number of benzene rings is 1. The molecule has 0 radical (unpaired) electrons. The van der Waals surface area contributed by atoms with Crippen LogP contribution in [0.5, 0.6) is 5.75 Å². The average molecular weight is 422 g/mol. The molecule has 2 aliphatic rings. The van der Waals surface area contributed by atoms with Crippen molar-refractivity contribution >= 4 is 23.4 Å². The number of carbonyl (C=O) groups is 2. The van der Waals surface area contributed by atoms with Crippen LogP contribution in [-0.2, 0) is 9.59 Å². The van der Waals surface area contributed by atoms with Crippen molar-refractivity contribution in [3.8, 4) is 5.75 Å². The zero-order valence-corrected chi connectivity index (χ0v) is 18.4. The topological polar surface area (TPSA) is 53.1 Å². The lowest BCUT2D eigenvalue weighted by molar-refractivity contribution is -0.140. The maximum Gasteiger partial charge on any atom is 0.263 e. The number of rotatable bonds is 5. The SMILES string of the molecule is CC1CC(C)CN(C(=O)CN2CCN(C(=O)C(C)Oc3cccc(Cl)c3)CC2)C1. The highest BCUT2D eigenvalue weighted by Crippen LogP contribution is 2.21. The summed E-state index contributed by atoms with van der Waals surface area (Å²) in [6.07, 6.45) is 0.623. The number of hydrogen-bond acceptors (Lipinski definition) is 4. The Morgan fingerprint density at radius 3 is 2.38 bits per heavy atom. The van der Waals surface area contributed by atoms with Gasteiger partial charge in [0, 0.05) is 44.3 Å². The van der Waals surface area contributed by atoms with Gasteiger partial charge < -0.3 is 14.5 Å². The first-order valence-electron chi connectivity index (χ1n) is 10.5. The molecule has 3 rings (SSSR count). The molecule has 1 aromatic rings. The molecule has 29 heavy (non-hydrogen) atoms. The van der Waals surface area contributed by atoms with E-state index in [1.54, 1.807) is 31.2 Å². The van der Waals surface area contributed by atoms with Crippen LogP contribution in [0, 0.1) is 11.8 Å². The first-order chi connectivity index (χ1) is 13.8. The van der Waals surface area contributed by atoms with Gasteiger partial charge in [-0.05, 0) is 43.4 Å². The molecule has 0 aromatic heterocycles. The van der Waals surface area contributed by atoms with Gasteiger partial charge in [0.05, 0.1) is 6.54 Å². The van der Waals surface area contributed by atoms with E-state index in [1.165, 1.54) is 6.42 Å². The number of carbonyl (C=O) groups excluding carboxylic acids is 2. The lowest BCUT2D eigenvalue weighted by Gasteiger charge is -2.38. The highest BCUT2D eigenvalue weighted by molar-refractivity contribution is 6.30. The monoisotopic (exact) mass is 421 g/mol. The van der Waals surface area contributed by atoms with Crippen LogP contribution in [0.3, 0.4) is 0 Å². The summed E-state index contributed by atoms with van der Waals surface area (Å²) in [4.78, 5) is 31.4. The van der Waals surface area contributed by atoms with E-state index in [9.17, 15) is 9.59 Å². The Morgan fingerprint density at radius 1 is 1.10 bits per heavy atom. The number of halogens is 1. The summed E-state index contributed by atoms with van der Waals surface area (Å²) < 4.78 is 5.75. The van der Waals surface area contributed by atoms with Crippen molar-refractivity contribution in [3.05, 3.63) is 29.3 Å². The van der Waals surface area contributed by atoms with E-state index in [0.29, 0.717) is 55.3 Å². The Kier molecular flexibility index (Phi) is 7.41. The van der Waals surface area contributed by atoms with E-state index >= 15 is 0 Å². The van der Waals surface area contributed by atoms with Crippen molar-refractivity contribution in [2.45, 2.75) is 33.3 Å². The molecular formula is C22H32ClN3O3. The summed E-state index contributed by atoms with van der Waals surface area (Å²) in [6.45, 7) is 11.0. The molecule has 6 nitrogen and oxygen atoms in total. The lowest BCUT2D eigenvalue weighted by Crippen LogP contribution is -2.54. The zero-order chi connectivity index (χ0) is 21.0. The summed E-state index contributed by atoms with van der Waals surface area (Å²) in [6, 6.07) is 7.07. The molecule has 2 aliphatic heterocycles. The van der Waals surface area contributed by atoms with Crippen molar-refractivity contribution < 1.29 is 14.3 Å². The minimum absolute atomic E-state index is 0.0327. The van der Waals surface area contributed by atoms with Crippen LogP contribution in [0.4, 0.5) is 0 Å². The summed E-state index contributed by atoms with van der Waals surface area (Å²) in [5, 5.41) is 0.581. The number of ether oxygens (including phenoxy) is 1. The second-order valence-corrected chi connectivity index (χ2v) is 9.00. The van der Waals surface area contributed by atoms with Crippen molar-refractivity contribution in [1.29, 1.82) is 0 Å². The highest BCUT2D eigenvalue weighted by Gasteiger charge is 2.29. The fourth-order valence-corrected chi connectivity index (χ4v) is 4.52. The third-order valence-electron chi connectivity index (χ3n) is 5.72. The third kappa shape index (κ3) is 6.09. The van der Waals surface area contributed by atoms with Gasteiger partial charge in [0.1, 0.15) is 5.75 Å². The number of piperazine rings is 1. The van der Waals surface area contributed by atoms with E-state index in [-0.39, 0.29) is 11.8 Å². The summed E-state index contributed by atoms with van der Waals surface area (Å²) in [5.74, 6) is 1.90. The predicted octanol–water partition coefficient (Wildman–Crippen LogP) is 2.76. The van der Waals surface area contributed by atoms with Crippen LogP contribution in [-0.4, -0.2) is 78.4 Å². The number of hydrogen-bond donors (Lipinski definition) is 0. The molecule has 2 heterocycles. The second kappa shape index (κ2) is 9.81. The normalized spacial score (nSPS) is 24.3. The van der Waals surface area contributed by atoms with Gasteiger partial charge in [-0.2, -0.15) is 0 Å². The van der Waals surface area contributed by atoms with Crippen molar-refractivity contribution in [2.24, 2.45) is 11.8 Å². The smallest absolute Gasteiger partial charge is 0.263 e. The molecule has 160 valence electrons. The number of nitrogens with zero attached hydrogens (tertiary/aromatic N) is 3. The highest BCUT2D eigenvalue weighted by atomic mass is 35.5. The molecule has 0 aliphatic carbocycles. The first-order valence-corrected chi connectivity index (χ1v) is 10.9. The van der Waals surface area contributed by atoms with Crippen LogP contribution in [0.2, 0.25) is 5.02 Å². The van der Waals surface area contributed by atoms with Gasteiger partial charge in [0.2, 0.25) is 5.91 Å². The van der Waals surface area contributed by atoms with Crippen molar-refractivity contribution in [3.63, 3.8) is 0 Å². The quantitative estimate of drug-likeness (QED) is 0.733. The molecule has 2 amide bonds. The van der Waals surface area contributed by atoms with Gasteiger partial charge in [0.15, 0.2) is 6.10 Å². The van der Waals surface area contributed by atoms with E-state index in [4.69, 9.17) is 16.3 Å². The minimum Gasteiger partial charge on any atom is -0.481 e. The van der Waals surface area contributed by atoms with Gasteiger partial charge in [-0.25, -0.2) is 0 Å². The van der Waals surface area contributed by atoms with Crippen LogP contribution in [0.25, 0.3) is 0 Å². The fourth-order valence-electron chi connectivity index (χ4n) is 4.34. The molecule has 1 aromatic carbocycles. The molecule has 7 heteroatoms. The Bertz CT molecular complexity index is 711. The Morgan fingerprint density at radius 2 is 1.76 bits per heavy atom. The Labute approximate surface area is 178 Å². The molecule has 2 saturated heterocycles. The van der Waals surface area contributed by atoms with Gasteiger partial charge in [-0.1, -0.05) is 31.5 Å². The van der Waals surface area contributed by atoms with Gasteiger partial charge >= 0.3 is 0 Å². The predicted molar refractivity (Wildman–Crippen MR) is 114 cm³/mol. The first kappa shape index (κ1) is 21.9. The molecule has 2 fully saturated rings. The molecule has 0 saturated carbocycles. The zero-order valence-electron chi connectivity index (χ0n) is 17.6. The maximum absolute atomic E-state index is 12.7. The number of piperidine rings is 1. The number of amides is 2. The largest absolute Gasteiger partial charge is 0.481 e. The minimum atomic E-state index is -0.571. The standard InChI is InChI=1S/C22H32ClN3O3/c1-16-11-17(2)14-26(13-16)21(27)15-24-7-9-25(10-8-24)22(28)18(3)29-20-6-4-5-19(23)12-20/h4-6,12,16-18H,7-11,13-15H2,1-3H3. The van der Waals surface area contributed by atoms with Crippen molar-refractivity contribution in [1.82, 2.24) is 14.7 Å². The van der Waals surface area contributed by atoms with E-state index in [2.05, 4.69) is 18.7 Å². The summed E-state index contributed by atoms with van der Waals surface area (Å²) >= 11 is 5.97. The fraction of sp³-hybridized carbons (Fsp3) is 0.636. The van der Waals surface area contributed by atoms with Crippen LogP contribution < -0.4 is 4.74 Å². The van der Waals surface area contributed by atoms with E-state index in [0.717, 1.165) is 13.1 Å². The van der Waals surface area contributed by atoms with Crippen LogP contribution in [0.15, 0.2) is 24.3 Å². The maximum atomic E-state index is 12.7. The van der Waals surface area contributed by atoms with Crippen LogP contribution >= 0.6 is 11.6 Å². The van der Waals surface area contributed by atoms with Gasteiger partial charge in [-0.3, -0.25) is 14.5 Å². The Balaban J connectivity index is 1.44. The molecule has 0 bridgehead atoms. The third-order valence-corrected chi connectivity index (χ3v) is 5.96. The van der Waals surface area contributed by atoms with Gasteiger partial charge in [-0.15, -0.1) is 0 Å². The summed E-state index contributed by atoms with van der Waals surface area (Å²) in [7, 11) is 0. The second-order valence-electron chi connectivity index (χ2n) is 8.56. The van der Waals surface area contributed by atoms with E-state index in [1.807, 2.05) is 9.80 Å². The molecule has 0 spiro atoms. The van der Waals surface area contributed by atoms with Crippen LogP contribution in [0.1, 0.15) is 27.2 Å². The van der Waals surface area contributed by atoms with Crippen molar-refractivity contribution in [2.75, 3.05) is 45.8 Å². The van der Waals surface area contributed by atoms with E-state index < -0.39 is 6.10 Å². The Hall–Kier alpha value is -1.79.